The van der Waals surface area contributed by atoms with Gasteiger partial charge in [-0.25, -0.2) is 9.78 Å². The third-order valence-electron chi connectivity index (χ3n) is 6.17. The third-order valence-corrected chi connectivity index (χ3v) is 6.17. The van der Waals surface area contributed by atoms with Gasteiger partial charge in [0, 0.05) is 18.3 Å². The number of rotatable bonds is 7. The van der Waals surface area contributed by atoms with Crippen molar-refractivity contribution >= 4 is 28.6 Å². The van der Waals surface area contributed by atoms with Crippen molar-refractivity contribution in [3.05, 3.63) is 86.8 Å². The number of carbonyl (C=O) groups excluding carboxylic acids is 2. The van der Waals surface area contributed by atoms with Crippen LogP contribution >= 0.6 is 0 Å². The maximum absolute atomic E-state index is 13.5. The number of hydrogen-bond acceptors (Lipinski definition) is 5. The number of fused-ring (bicyclic) bond motifs is 2. The van der Waals surface area contributed by atoms with Crippen LogP contribution in [0.15, 0.2) is 58.4 Å². The van der Waals surface area contributed by atoms with Gasteiger partial charge in [-0.05, 0) is 56.5 Å². The van der Waals surface area contributed by atoms with Gasteiger partial charge < -0.3 is 9.30 Å². The molecule has 0 fully saturated rings. The summed E-state index contributed by atoms with van der Waals surface area (Å²) in [5.74, 6) is -1.12. The van der Waals surface area contributed by atoms with Crippen molar-refractivity contribution in [3.63, 3.8) is 0 Å². The van der Waals surface area contributed by atoms with Crippen molar-refractivity contribution < 1.29 is 14.3 Å². The lowest BCUT2D eigenvalue weighted by atomic mass is 10.1. The Morgan fingerprint density at radius 2 is 1.72 bits per heavy atom. The fourth-order valence-corrected chi connectivity index (χ4v) is 4.27. The zero-order chi connectivity index (χ0) is 25.8. The molecule has 8 heteroatoms. The van der Waals surface area contributed by atoms with Crippen LogP contribution in [0.25, 0.3) is 16.7 Å². The van der Waals surface area contributed by atoms with Crippen LogP contribution in [0.1, 0.15) is 65.0 Å². The Bertz CT molecular complexity index is 1600. The van der Waals surface area contributed by atoms with Gasteiger partial charge in [0.05, 0.1) is 12.0 Å². The molecule has 1 aromatic carbocycles. The molecular formula is C28H30N4O4. The standard InChI is InChI=1S/C28H30N4O4/c1-5-7-10-15-31-24-21(27(34)32-16-11-13-19(4)23(32)29-24)17-22(28(35)36-6-2)25(31)30-26(33)20-14-9-8-12-18(20)3/h8-9,11-14,16-17H,5-7,10,15H2,1-4H3. The van der Waals surface area contributed by atoms with Crippen LogP contribution in [0.3, 0.4) is 0 Å². The van der Waals surface area contributed by atoms with E-state index in [4.69, 9.17) is 9.72 Å². The number of ether oxygens (including phenoxy) is 1. The minimum atomic E-state index is -0.645. The SMILES string of the molecule is CCCCCn1c(=NC(=O)c2ccccc2C)c(C(=O)OCC)cc2c(=O)n3cccc(C)c3nc21. The lowest BCUT2D eigenvalue weighted by Gasteiger charge is -2.15. The van der Waals surface area contributed by atoms with Gasteiger partial charge in [0.25, 0.3) is 11.5 Å². The average molecular weight is 487 g/mol. The van der Waals surface area contributed by atoms with Gasteiger partial charge in [0.2, 0.25) is 0 Å². The first kappa shape index (κ1) is 25.0. The van der Waals surface area contributed by atoms with Crippen molar-refractivity contribution in [3.8, 4) is 0 Å². The maximum Gasteiger partial charge on any atom is 0.341 e. The van der Waals surface area contributed by atoms with Gasteiger partial charge in [0.1, 0.15) is 16.9 Å². The second kappa shape index (κ2) is 10.7. The predicted molar refractivity (Wildman–Crippen MR) is 138 cm³/mol. The first-order chi connectivity index (χ1) is 17.4. The quantitative estimate of drug-likeness (QED) is 0.220. The number of esters is 1. The summed E-state index contributed by atoms with van der Waals surface area (Å²) in [6.07, 6.45) is 4.32. The summed E-state index contributed by atoms with van der Waals surface area (Å²) < 4.78 is 8.50. The van der Waals surface area contributed by atoms with Crippen LogP contribution in [0.4, 0.5) is 0 Å². The van der Waals surface area contributed by atoms with E-state index in [0.717, 1.165) is 30.4 Å². The summed E-state index contributed by atoms with van der Waals surface area (Å²) in [6, 6.07) is 12.3. The molecule has 36 heavy (non-hydrogen) atoms. The largest absolute Gasteiger partial charge is 0.462 e. The van der Waals surface area contributed by atoms with Gasteiger partial charge >= 0.3 is 5.97 Å². The van der Waals surface area contributed by atoms with E-state index < -0.39 is 11.9 Å². The van der Waals surface area contributed by atoms with E-state index in [0.29, 0.717) is 23.4 Å². The van der Waals surface area contributed by atoms with Crippen molar-refractivity contribution in [2.24, 2.45) is 4.99 Å². The Hall–Kier alpha value is -4.07. The van der Waals surface area contributed by atoms with Crippen LogP contribution in [0.2, 0.25) is 0 Å². The number of aryl methyl sites for hydroxylation is 3. The molecule has 0 saturated heterocycles. The van der Waals surface area contributed by atoms with Gasteiger partial charge in [-0.1, -0.05) is 44.0 Å². The third kappa shape index (κ3) is 4.71. The van der Waals surface area contributed by atoms with Crippen LogP contribution in [0, 0.1) is 13.8 Å². The zero-order valence-corrected chi connectivity index (χ0v) is 21.1. The lowest BCUT2D eigenvalue weighted by Crippen LogP contribution is -2.33. The van der Waals surface area contributed by atoms with E-state index in [1.807, 2.05) is 32.0 Å². The first-order valence-electron chi connectivity index (χ1n) is 12.2. The Morgan fingerprint density at radius 1 is 0.972 bits per heavy atom. The summed E-state index contributed by atoms with van der Waals surface area (Å²) in [7, 11) is 0. The molecule has 8 nitrogen and oxygen atoms in total. The Labute approximate surface area is 208 Å². The monoisotopic (exact) mass is 486 g/mol. The molecule has 0 radical (unpaired) electrons. The molecule has 0 atom stereocenters. The number of amides is 1. The molecular weight excluding hydrogens is 456 g/mol. The number of pyridine rings is 2. The number of unbranched alkanes of at least 4 members (excludes halogenated alkanes) is 2. The number of hydrogen-bond donors (Lipinski definition) is 0. The van der Waals surface area contributed by atoms with Gasteiger partial charge in [-0.3, -0.25) is 14.0 Å². The molecule has 0 N–H and O–H groups in total. The number of carbonyl (C=O) groups is 2. The summed E-state index contributed by atoms with van der Waals surface area (Å²) >= 11 is 0. The fourth-order valence-electron chi connectivity index (χ4n) is 4.27. The van der Waals surface area contributed by atoms with Crippen molar-refractivity contribution in [1.82, 2.24) is 14.0 Å². The summed E-state index contributed by atoms with van der Waals surface area (Å²) in [5, 5.41) is 0.264. The van der Waals surface area contributed by atoms with Gasteiger partial charge in [-0.15, -0.1) is 0 Å². The molecule has 3 heterocycles. The number of aromatic nitrogens is 3. The molecule has 0 spiro atoms. The highest BCUT2D eigenvalue weighted by Crippen LogP contribution is 2.15. The molecule has 3 aromatic heterocycles. The molecule has 1 amide bonds. The Balaban J connectivity index is 2.13. The van der Waals surface area contributed by atoms with E-state index in [1.54, 1.807) is 35.9 Å². The maximum atomic E-state index is 13.5. The number of nitrogens with zero attached hydrogens (tertiary/aromatic N) is 4. The number of benzene rings is 1. The first-order valence-corrected chi connectivity index (χ1v) is 12.2. The van der Waals surface area contributed by atoms with Crippen LogP contribution in [-0.2, 0) is 11.3 Å². The van der Waals surface area contributed by atoms with Crippen molar-refractivity contribution in [1.29, 1.82) is 0 Å². The van der Waals surface area contributed by atoms with Crippen molar-refractivity contribution in [2.75, 3.05) is 6.61 Å². The minimum Gasteiger partial charge on any atom is -0.462 e. The second-order valence-corrected chi connectivity index (χ2v) is 8.73. The molecule has 0 aliphatic carbocycles. The molecule has 186 valence electrons. The average Bonchev–Trinajstić information content (AvgIpc) is 2.86. The molecule has 0 unspecified atom stereocenters. The molecule has 4 aromatic rings. The Kier molecular flexibility index (Phi) is 7.43. The highest BCUT2D eigenvalue weighted by Gasteiger charge is 2.21. The summed E-state index contributed by atoms with van der Waals surface area (Å²) in [4.78, 5) is 49.1. The normalized spacial score (nSPS) is 11.8. The minimum absolute atomic E-state index is 0.0642. The predicted octanol–water partition coefficient (Wildman–Crippen LogP) is 4.37. The highest BCUT2D eigenvalue weighted by atomic mass is 16.5. The van der Waals surface area contributed by atoms with Crippen LogP contribution < -0.4 is 11.0 Å². The molecule has 0 saturated carbocycles. The fraction of sp³-hybridized carbons (Fsp3) is 0.321. The van der Waals surface area contributed by atoms with E-state index >= 15 is 0 Å². The van der Waals surface area contributed by atoms with E-state index in [-0.39, 0.29) is 28.6 Å². The topological polar surface area (TPSA) is 95.0 Å². The molecule has 0 aliphatic heterocycles. The smallest absolute Gasteiger partial charge is 0.341 e. The van der Waals surface area contributed by atoms with Crippen LogP contribution in [0.5, 0.6) is 0 Å². The second-order valence-electron chi connectivity index (χ2n) is 8.73. The van der Waals surface area contributed by atoms with Crippen LogP contribution in [-0.4, -0.2) is 32.4 Å². The Morgan fingerprint density at radius 3 is 2.44 bits per heavy atom. The zero-order valence-electron chi connectivity index (χ0n) is 21.1. The van der Waals surface area contributed by atoms with E-state index in [1.165, 1.54) is 10.5 Å². The van der Waals surface area contributed by atoms with Gasteiger partial charge in [0.15, 0.2) is 5.49 Å². The van der Waals surface area contributed by atoms with Gasteiger partial charge in [-0.2, -0.15) is 4.99 Å². The summed E-state index contributed by atoms with van der Waals surface area (Å²) in [6.45, 7) is 8.09. The van der Waals surface area contributed by atoms with Crippen molar-refractivity contribution in [2.45, 2.75) is 53.5 Å². The molecule has 4 rings (SSSR count). The van der Waals surface area contributed by atoms with E-state index in [9.17, 15) is 14.4 Å². The highest BCUT2D eigenvalue weighted by molar-refractivity contribution is 5.98. The molecule has 0 bridgehead atoms. The summed E-state index contributed by atoms with van der Waals surface area (Å²) in [5.41, 5.74) is 2.86. The lowest BCUT2D eigenvalue weighted by molar-refractivity contribution is 0.0523. The van der Waals surface area contributed by atoms with E-state index in [2.05, 4.69) is 11.9 Å². The molecule has 0 aliphatic rings.